The predicted octanol–water partition coefficient (Wildman–Crippen LogP) is 5.24. The molecule has 2 aromatic rings. The molecular formula is C17H17BrClFO. The van der Waals surface area contributed by atoms with Gasteiger partial charge in [-0.3, -0.25) is 0 Å². The Morgan fingerprint density at radius 3 is 2.57 bits per heavy atom. The Bertz CT molecular complexity index is 603. The van der Waals surface area contributed by atoms with Crippen molar-refractivity contribution >= 4 is 27.5 Å². The Morgan fingerprint density at radius 1 is 1.14 bits per heavy atom. The Hall–Kier alpha value is -1.06. The van der Waals surface area contributed by atoms with Crippen LogP contribution in [0.4, 0.5) is 4.39 Å². The molecular weight excluding hydrogens is 355 g/mol. The summed E-state index contributed by atoms with van der Waals surface area (Å²) in [6.07, 6.45) is 1.37. The SMILES string of the molecule is COc1ccccc1CC(CCl)Cc1cc(Br)ccc1F. The van der Waals surface area contributed by atoms with Crippen LogP contribution < -0.4 is 4.74 Å². The van der Waals surface area contributed by atoms with Gasteiger partial charge in [-0.15, -0.1) is 11.6 Å². The number of halogens is 3. The third-order valence-electron chi connectivity index (χ3n) is 3.44. The van der Waals surface area contributed by atoms with Crippen molar-refractivity contribution in [2.45, 2.75) is 12.8 Å². The maximum atomic E-state index is 13.9. The van der Waals surface area contributed by atoms with Crippen LogP contribution in [0.5, 0.6) is 5.75 Å². The quantitative estimate of drug-likeness (QED) is 0.631. The molecule has 2 aromatic carbocycles. The molecule has 0 N–H and O–H groups in total. The first kappa shape index (κ1) is 16.3. The maximum absolute atomic E-state index is 13.9. The Kier molecular flexibility index (Phi) is 6.07. The number of hydrogen-bond acceptors (Lipinski definition) is 1. The van der Waals surface area contributed by atoms with Crippen LogP contribution in [-0.2, 0) is 12.8 Å². The van der Waals surface area contributed by atoms with Crippen LogP contribution in [0.25, 0.3) is 0 Å². The van der Waals surface area contributed by atoms with Gasteiger partial charge < -0.3 is 4.74 Å². The van der Waals surface area contributed by atoms with Gasteiger partial charge in [-0.25, -0.2) is 4.39 Å². The summed E-state index contributed by atoms with van der Waals surface area (Å²) in [5.74, 6) is 1.30. The van der Waals surface area contributed by atoms with Crippen LogP contribution in [0.15, 0.2) is 46.9 Å². The molecule has 0 amide bonds. The first-order chi connectivity index (χ1) is 10.1. The van der Waals surface area contributed by atoms with E-state index in [4.69, 9.17) is 16.3 Å². The molecule has 0 saturated carbocycles. The average Bonchev–Trinajstić information content (AvgIpc) is 2.50. The fourth-order valence-corrected chi connectivity index (χ4v) is 3.00. The lowest BCUT2D eigenvalue weighted by Crippen LogP contribution is -2.12. The van der Waals surface area contributed by atoms with Gasteiger partial charge in [0.05, 0.1) is 7.11 Å². The highest BCUT2D eigenvalue weighted by Crippen LogP contribution is 2.25. The summed E-state index contributed by atoms with van der Waals surface area (Å²) < 4.78 is 20.1. The average molecular weight is 372 g/mol. The van der Waals surface area contributed by atoms with E-state index in [9.17, 15) is 4.39 Å². The number of ether oxygens (including phenoxy) is 1. The molecule has 1 unspecified atom stereocenters. The van der Waals surface area contributed by atoms with Crippen LogP contribution in [0, 0.1) is 11.7 Å². The van der Waals surface area contributed by atoms with Crippen molar-refractivity contribution in [2.24, 2.45) is 5.92 Å². The van der Waals surface area contributed by atoms with E-state index in [0.29, 0.717) is 17.9 Å². The molecule has 0 heterocycles. The van der Waals surface area contributed by atoms with Crippen molar-refractivity contribution in [3.63, 3.8) is 0 Å². The second-order valence-electron chi connectivity index (χ2n) is 4.98. The minimum Gasteiger partial charge on any atom is -0.496 e. The standard InChI is InChI=1S/C17H17BrClFO/c1-21-17-5-3-2-4-13(17)8-12(11-19)9-14-10-15(18)6-7-16(14)20/h2-7,10,12H,8-9,11H2,1H3. The largest absolute Gasteiger partial charge is 0.496 e. The van der Waals surface area contributed by atoms with Crippen molar-refractivity contribution in [1.82, 2.24) is 0 Å². The predicted molar refractivity (Wildman–Crippen MR) is 88.7 cm³/mol. The second-order valence-corrected chi connectivity index (χ2v) is 6.20. The van der Waals surface area contributed by atoms with Gasteiger partial charge in [0.25, 0.3) is 0 Å². The van der Waals surface area contributed by atoms with Crippen molar-refractivity contribution in [3.8, 4) is 5.75 Å². The van der Waals surface area contributed by atoms with E-state index in [-0.39, 0.29) is 11.7 Å². The van der Waals surface area contributed by atoms with E-state index in [2.05, 4.69) is 15.9 Å². The summed E-state index contributed by atoms with van der Waals surface area (Å²) in [5.41, 5.74) is 1.78. The van der Waals surface area contributed by atoms with Gasteiger partial charge in [0.2, 0.25) is 0 Å². The van der Waals surface area contributed by atoms with Gasteiger partial charge in [-0.1, -0.05) is 34.1 Å². The molecule has 1 nitrogen and oxygen atoms in total. The van der Waals surface area contributed by atoms with Crippen LogP contribution >= 0.6 is 27.5 Å². The minimum absolute atomic E-state index is 0.159. The number of methoxy groups -OCH3 is 1. The molecule has 112 valence electrons. The number of alkyl halides is 1. The van der Waals surface area contributed by atoms with Crippen LogP contribution in [-0.4, -0.2) is 13.0 Å². The monoisotopic (exact) mass is 370 g/mol. The molecule has 21 heavy (non-hydrogen) atoms. The zero-order valence-electron chi connectivity index (χ0n) is 11.8. The molecule has 1 atom stereocenters. The van der Waals surface area contributed by atoms with E-state index in [0.717, 1.165) is 22.2 Å². The normalized spacial score (nSPS) is 12.2. The first-order valence-corrected chi connectivity index (χ1v) is 8.08. The summed E-state index contributed by atoms with van der Waals surface area (Å²) in [6, 6.07) is 12.9. The maximum Gasteiger partial charge on any atom is 0.126 e. The summed E-state index contributed by atoms with van der Waals surface area (Å²) in [4.78, 5) is 0. The van der Waals surface area contributed by atoms with Crippen LogP contribution in [0.1, 0.15) is 11.1 Å². The Labute approximate surface area is 138 Å². The Morgan fingerprint density at radius 2 is 1.86 bits per heavy atom. The summed E-state index contributed by atoms with van der Waals surface area (Å²) in [5, 5.41) is 0. The van der Waals surface area contributed by atoms with E-state index < -0.39 is 0 Å². The summed E-state index contributed by atoms with van der Waals surface area (Å²) in [6.45, 7) is 0. The number of hydrogen-bond donors (Lipinski definition) is 0. The van der Waals surface area contributed by atoms with Gasteiger partial charge >= 0.3 is 0 Å². The Balaban J connectivity index is 2.15. The van der Waals surface area contributed by atoms with Gasteiger partial charge in [0.1, 0.15) is 11.6 Å². The lowest BCUT2D eigenvalue weighted by atomic mass is 9.93. The lowest BCUT2D eigenvalue weighted by Gasteiger charge is -2.16. The zero-order valence-corrected chi connectivity index (χ0v) is 14.1. The fraction of sp³-hybridized carbons (Fsp3) is 0.294. The zero-order chi connectivity index (χ0) is 15.2. The molecule has 0 bridgehead atoms. The van der Waals surface area contributed by atoms with E-state index in [1.54, 1.807) is 13.2 Å². The molecule has 0 aliphatic heterocycles. The molecule has 0 radical (unpaired) electrons. The molecule has 0 aliphatic rings. The van der Waals surface area contributed by atoms with Gasteiger partial charge in [-0.05, 0) is 54.2 Å². The topological polar surface area (TPSA) is 9.23 Å². The highest BCUT2D eigenvalue weighted by atomic mass is 79.9. The smallest absolute Gasteiger partial charge is 0.126 e. The molecule has 0 saturated heterocycles. The van der Waals surface area contributed by atoms with Crippen molar-refractivity contribution in [1.29, 1.82) is 0 Å². The van der Waals surface area contributed by atoms with Crippen molar-refractivity contribution in [3.05, 3.63) is 63.9 Å². The minimum atomic E-state index is -0.187. The third kappa shape index (κ3) is 4.45. The van der Waals surface area contributed by atoms with E-state index in [1.165, 1.54) is 6.07 Å². The van der Waals surface area contributed by atoms with Gasteiger partial charge in [0, 0.05) is 10.4 Å². The van der Waals surface area contributed by atoms with Gasteiger partial charge in [-0.2, -0.15) is 0 Å². The number of benzene rings is 2. The highest BCUT2D eigenvalue weighted by Gasteiger charge is 2.15. The summed E-state index contributed by atoms with van der Waals surface area (Å²) >= 11 is 9.46. The van der Waals surface area contributed by atoms with E-state index >= 15 is 0 Å². The molecule has 4 heteroatoms. The van der Waals surface area contributed by atoms with Crippen LogP contribution in [0.3, 0.4) is 0 Å². The summed E-state index contributed by atoms with van der Waals surface area (Å²) in [7, 11) is 1.66. The molecule has 0 fully saturated rings. The highest BCUT2D eigenvalue weighted by molar-refractivity contribution is 9.10. The number of rotatable bonds is 6. The molecule has 2 rings (SSSR count). The fourth-order valence-electron chi connectivity index (χ4n) is 2.37. The van der Waals surface area contributed by atoms with Crippen LogP contribution in [0.2, 0.25) is 0 Å². The molecule has 0 spiro atoms. The lowest BCUT2D eigenvalue weighted by molar-refractivity contribution is 0.405. The van der Waals surface area contributed by atoms with Crippen molar-refractivity contribution < 1.29 is 9.13 Å². The molecule has 0 aromatic heterocycles. The van der Waals surface area contributed by atoms with Gasteiger partial charge in [0.15, 0.2) is 0 Å². The molecule has 0 aliphatic carbocycles. The van der Waals surface area contributed by atoms with Crippen molar-refractivity contribution in [2.75, 3.05) is 13.0 Å². The second kappa shape index (κ2) is 7.81. The third-order valence-corrected chi connectivity index (χ3v) is 4.37. The first-order valence-electron chi connectivity index (χ1n) is 6.75. The van der Waals surface area contributed by atoms with E-state index in [1.807, 2.05) is 30.3 Å². The number of para-hydroxylation sites is 1.